The van der Waals surface area contributed by atoms with Gasteiger partial charge in [0.2, 0.25) is 0 Å². The number of carbonyl (C=O) groups is 1. The fourth-order valence-electron chi connectivity index (χ4n) is 1.24. The molecule has 0 fully saturated rings. The zero-order chi connectivity index (χ0) is 9.72. The molecule has 2 heteroatoms. The monoisotopic (exact) mass is 171 g/mol. The number of hydrogen-bond donors (Lipinski definition) is 1. The molecule has 1 atom stereocenters. The number of likely N-dealkylation sites (N-methyl/N-ethyl adjacent to an activating group) is 1. The molecule has 0 bridgehead atoms. The smallest absolute Gasteiger partial charge is 0.152 e. The van der Waals surface area contributed by atoms with E-state index >= 15 is 0 Å². The first kappa shape index (κ1) is 11.6. The number of rotatable bonds is 5. The molecule has 1 unspecified atom stereocenters. The summed E-state index contributed by atoms with van der Waals surface area (Å²) in [6, 6.07) is 0.0370. The molecular weight excluding hydrogens is 150 g/mol. The molecule has 0 aliphatic heterocycles. The molecule has 0 rings (SSSR count). The van der Waals surface area contributed by atoms with Gasteiger partial charge in [0.25, 0.3) is 0 Å². The van der Waals surface area contributed by atoms with Crippen molar-refractivity contribution >= 4 is 5.78 Å². The van der Waals surface area contributed by atoms with Gasteiger partial charge in [-0.1, -0.05) is 34.6 Å². The van der Waals surface area contributed by atoms with E-state index in [1.54, 1.807) is 0 Å². The average molecular weight is 171 g/mol. The van der Waals surface area contributed by atoms with Gasteiger partial charge in [0.05, 0.1) is 6.04 Å². The maximum absolute atomic E-state index is 11.6. The molecule has 0 aromatic rings. The van der Waals surface area contributed by atoms with E-state index < -0.39 is 0 Å². The summed E-state index contributed by atoms with van der Waals surface area (Å²) in [6.45, 7) is 11.0. The summed E-state index contributed by atoms with van der Waals surface area (Å²) in [7, 11) is 0. The number of nitrogens with one attached hydrogen (secondary N) is 1. The summed E-state index contributed by atoms with van der Waals surface area (Å²) in [6.07, 6.45) is 0. The van der Waals surface area contributed by atoms with E-state index in [1.165, 1.54) is 0 Å². The molecule has 0 aromatic heterocycles. The Kier molecular flexibility index (Phi) is 5.14. The Morgan fingerprint density at radius 2 is 1.75 bits per heavy atom. The minimum absolute atomic E-state index is 0.0370. The molecule has 0 aliphatic rings. The third-order valence-corrected chi connectivity index (χ3v) is 1.97. The Labute approximate surface area is 75.7 Å². The van der Waals surface area contributed by atoms with Crippen LogP contribution in [0.4, 0.5) is 0 Å². The topological polar surface area (TPSA) is 29.1 Å². The molecular formula is C10H21NO. The van der Waals surface area contributed by atoms with Crippen LogP contribution in [0.2, 0.25) is 0 Å². The lowest BCUT2D eigenvalue weighted by Gasteiger charge is -2.22. The highest BCUT2D eigenvalue weighted by atomic mass is 16.1. The molecule has 0 aromatic carbocycles. The summed E-state index contributed by atoms with van der Waals surface area (Å²) < 4.78 is 0. The van der Waals surface area contributed by atoms with E-state index in [2.05, 4.69) is 19.2 Å². The molecule has 0 radical (unpaired) electrons. The van der Waals surface area contributed by atoms with Crippen molar-refractivity contribution in [1.29, 1.82) is 0 Å². The van der Waals surface area contributed by atoms with Gasteiger partial charge < -0.3 is 5.32 Å². The van der Waals surface area contributed by atoms with E-state index in [1.807, 2.05) is 20.8 Å². The Balaban J connectivity index is 4.19. The van der Waals surface area contributed by atoms with Gasteiger partial charge in [-0.3, -0.25) is 4.79 Å². The fraction of sp³-hybridized carbons (Fsp3) is 0.900. The standard InChI is InChI=1S/C10H21NO/c1-6-11-9(7(2)3)10(12)8(4)5/h7-9,11H,6H2,1-5H3. The van der Waals surface area contributed by atoms with Gasteiger partial charge in [0.1, 0.15) is 0 Å². The normalized spacial score (nSPS) is 13.9. The molecule has 0 amide bonds. The SMILES string of the molecule is CCNC(C(=O)C(C)C)C(C)C. The zero-order valence-corrected chi connectivity index (χ0v) is 8.85. The number of carbonyl (C=O) groups excluding carboxylic acids is 1. The van der Waals surface area contributed by atoms with Gasteiger partial charge in [0.15, 0.2) is 5.78 Å². The lowest BCUT2D eigenvalue weighted by Crippen LogP contribution is -2.42. The highest BCUT2D eigenvalue weighted by Crippen LogP contribution is 2.08. The molecule has 72 valence electrons. The predicted molar refractivity (Wildman–Crippen MR) is 52.1 cm³/mol. The van der Waals surface area contributed by atoms with Crippen LogP contribution in [0.3, 0.4) is 0 Å². The van der Waals surface area contributed by atoms with Gasteiger partial charge in [-0.25, -0.2) is 0 Å². The van der Waals surface area contributed by atoms with Crippen LogP contribution in [0.1, 0.15) is 34.6 Å². The fourth-order valence-corrected chi connectivity index (χ4v) is 1.24. The van der Waals surface area contributed by atoms with Gasteiger partial charge in [-0.15, -0.1) is 0 Å². The van der Waals surface area contributed by atoms with Crippen LogP contribution in [0.25, 0.3) is 0 Å². The maximum atomic E-state index is 11.6. The molecule has 0 aliphatic carbocycles. The van der Waals surface area contributed by atoms with E-state index in [9.17, 15) is 4.79 Å². The number of hydrogen-bond acceptors (Lipinski definition) is 2. The molecule has 1 N–H and O–H groups in total. The Bertz CT molecular complexity index is 141. The predicted octanol–water partition coefficient (Wildman–Crippen LogP) is 1.85. The van der Waals surface area contributed by atoms with Gasteiger partial charge in [-0.05, 0) is 12.5 Å². The van der Waals surface area contributed by atoms with Crippen molar-refractivity contribution in [2.24, 2.45) is 11.8 Å². The van der Waals surface area contributed by atoms with Crippen molar-refractivity contribution in [3.63, 3.8) is 0 Å². The second kappa shape index (κ2) is 5.31. The summed E-state index contributed by atoms with van der Waals surface area (Å²) in [5.41, 5.74) is 0. The van der Waals surface area contributed by atoms with Crippen molar-refractivity contribution in [3.8, 4) is 0 Å². The van der Waals surface area contributed by atoms with Crippen LogP contribution in [-0.4, -0.2) is 18.4 Å². The Hall–Kier alpha value is -0.370. The summed E-state index contributed by atoms with van der Waals surface area (Å²) in [4.78, 5) is 11.6. The quantitative estimate of drug-likeness (QED) is 0.684. The van der Waals surface area contributed by atoms with Crippen LogP contribution in [-0.2, 0) is 4.79 Å². The lowest BCUT2D eigenvalue weighted by atomic mass is 9.93. The van der Waals surface area contributed by atoms with Gasteiger partial charge in [0, 0.05) is 5.92 Å². The summed E-state index contributed by atoms with van der Waals surface area (Å²) in [5, 5.41) is 3.21. The van der Waals surface area contributed by atoms with E-state index in [4.69, 9.17) is 0 Å². The van der Waals surface area contributed by atoms with E-state index in [0.717, 1.165) is 6.54 Å². The zero-order valence-electron chi connectivity index (χ0n) is 8.85. The van der Waals surface area contributed by atoms with E-state index in [0.29, 0.717) is 11.7 Å². The molecule has 0 saturated carbocycles. The molecule has 0 saturated heterocycles. The Morgan fingerprint density at radius 1 is 1.25 bits per heavy atom. The van der Waals surface area contributed by atoms with Crippen molar-refractivity contribution in [1.82, 2.24) is 5.32 Å². The highest BCUT2D eigenvalue weighted by molar-refractivity contribution is 5.85. The van der Waals surface area contributed by atoms with Crippen LogP contribution < -0.4 is 5.32 Å². The van der Waals surface area contributed by atoms with Crippen LogP contribution in [0.5, 0.6) is 0 Å². The van der Waals surface area contributed by atoms with Crippen LogP contribution >= 0.6 is 0 Å². The summed E-state index contributed by atoms with van der Waals surface area (Å²) >= 11 is 0. The van der Waals surface area contributed by atoms with Crippen LogP contribution in [0, 0.1) is 11.8 Å². The van der Waals surface area contributed by atoms with Gasteiger partial charge in [-0.2, -0.15) is 0 Å². The van der Waals surface area contributed by atoms with Crippen molar-refractivity contribution < 1.29 is 4.79 Å². The molecule has 2 nitrogen and oxygen atoms in total. The van der Waals surface area contributed by atoms with Crippen molar-refractivity contribution in [3.05, 3.63) is 0 Å². The maximum Gasteiger partial charge on any atom is 0.152 e. The van der Waals surface area contributed by atoms with Crippen molar-refractivity contribution in [2.45, 2.75) is 40.7 Å². The molecule has 12 heavy (non-hydrogen) atoms. The van der Waals surface area contributed by atoms with E-state index in [-0.39, 0.29) is 12.0 Å². The first-order valence-corrected chi connectivity index (χ1v) is 4.77. The summed E-state index contributed by atoms with van der Waals surface area (Å²) in [5.74, 6) is 0.850. The van der Waals surface area contributed by atoms with Crippen molar-refractivity contribution in [2.75, 3.05) is 6.54 Å². The number of ketones is 1. The Morgan fingerprint density at radius 3 is 2.00 bits per heavy atom. The molecule has 0 heterocycles. The van der Waals surface area contributed by atoms with Gasteiger partial charge >= 0.3 is 0 Å². The third-order valence-electron chi connectivity index (χ3n) is 1.97. The lowest BCUT2D eigenvalue weighted by molar-refractivity contribution is -0.124. The number of Topliss-reactive ketones (excluding diaryl/α,β-unsaturated/α-hetero) is 1. The third kappa shape index (κ3) is 3.35. The minimum Gasteiger partial charge on any atom is -0.308 e. The first-order valence-electron chi connectivity index (χ1n) is 4.77. The average Bonchev–Trinajstić information content (AvgIpc) is 1.98. The second-order valence-electron chi connectivity index (χ2n) is 3.84. The molecule has 0 spiro atoms. The first-order chi connectivity index (χ1) is 5.50. The largest absolute Gasteiger partial charge is 0.308 e. The second-order valence-corrected chi connectivity index (χ2v) is 3.84. The highest BCUT2D eigenvalue weighted by Gasteiger charge is 2.22. The van der Waals surface area contributed by atoms with Crippen LogP contribution in [0.15, 0.2) is 0 Å². The minimum atomic E-state index is 0.0370.